The maximum atomic E-state index is 6.26. The predicted octanol–water partition coefficient (Wildman–Crippen LogP) is 2.86. The fourth-order valence-corrected chi connectivity index (χ4v) is 4.12. The van der Waals surface area contributed by atoms with Crippen LogP contribution in [0.15, 0.2) is 24.3 Å². The van der Waals surface area contributed by atoms with E-state index in [0.29, 0.717) is 0 Å². The molecule has 0 saturated carbocycles. The van der Waals surface area contributed by atoms with E-state index in [-0.39, 0.29) is 11.2 Å². The molecule has 4 rings (SSSR count). The van der Waals surface area contributed by atoms with Crippen LogP contribution in [0.4, 0.5) is 11.6 Å². The monoisotopic (exact) mass is 356 g/mol. The van der Waals surface area contributed by atoms with Crippen molar-refractivity contribution >= 4 is 22.7 Å². The van der Waals surface area contributed by atoms with E-state index in [0.717, 1.165) is 62.1 Å². The number of morpholine rings is 2. The molecule has 0 bridgehead atoms. The summed E-state index contributed by atoms with van der Waals surface area (Å²) in [5, 5.41) is 0. The van der Waals surface area contributed by atoms with E-state index in [4.69, 9.17) is 19.4 Å². The van der Waals surface area contributed by atoms with Crippen LogP contribution in [0, 0.1) is 0 Å². The first-order valence-electron chi connectivity index (χ1n) is 9.38. The fraction of sp³-hybridized carbons (Fsp3) is 0.600. The number of rotatable bonds is 2. The first-order valence-corrected chi connectivity index (χ1v) is 9.38. The zero-order valence-electron chi connectivity index (χ0n) is 16.2. The summed E-state index contributed by atoms with van der Waals surface area (Å²) in [6, 6.07) is 8.10. The van der Waals surface area contributed by atoms with Gasteiger partial charge in [0.25, 0.3) is 0 Å². The van der Waals surface area contributed by atoms with Gasteiger partial charge in [0.2, 0.25) is 0 Å². The third-order valence-corrected chi connectivity index (χ3v) is 4.84. The van der Waals surface area contributed by atoms with Gasteiger partial charge in [-0.2, -0.15) is 0 Å². The molecule has 2 saturated heterocycles. The van der Waals surface area contributed by atoms with Crippen molar-refractivity contribution in [3.8, 4) is 0 Å². The second kappa shape index (κ2) is 6.35. The number of aromatic nitrogens is 2. The Kier molecular flexibility index (Phi) is 4.28. The number of hydrogen-bond donors (Lipinski definition) is 0. The van der Waals surface area contributed by atoms with Gasteiger partial charge in [-0.3, -0.25) is 0 Å². The molecule has 0 aliphatic carbocycles. The van der Waals surface area contributed by atoms with Gasteiger partial charge in [0.1, 0.15) is 0 Å². The van der Waals surface area contributed by atoms with E-state index in [1.54, 1.807) is 0 Å². The van der Waals surface area contributed by atoms with Crippen molar-refractivity contribution in [2.75, 3.05) is 49.2 Å². The van der Waals surface area contributed by atoms with Crippen molar-refractivity contribution in [1.82, 2.24) is 9.97 Å². The highest BCUT2D eigenvalue weighted by Gasteiger charge is 2.40. The molecule has 0 unspecified atom stereocenters. The third kappa shape index (κ3) is 3.48. The van der Waals surface area contributed by atoms with Crippen molar-refractivity contribution < 1.29 is 9.47 Å². The quantitative estimate of drug-likeness (QED) is 0.825. The second-order valence-electron chi connectivity index (χ2n) is 8.44. The number of nitrogens with zero attached hydrogens (tertiary/aromatic N) is 4. The van der Waals surface area contributed by atoms with Crippen molar-refractivity contribution in [1.29, 1.82) is 0 Å². The van der Waals surface area contributed by atoms with Gasteiger partial charge >= 0.3 is 0 Å². The molecule has 6 heteroatoms. The van der Waals surface area contributed by atoms with Crippen LogP contribution in [0.3, 0.4) is 0 Å². The highest BCUT2D eigenvalue weighted by Crippen LogP contribution is 2.35. The molecule has 26 heavy (non-hydrogen) atoms. The van der Waals surface area contributed by atoms with Crippen molar-refractivity contribution in [3.63, 3.8) is 0 Å². The Bertz CT molecular complexity index is 783. The predicted molar refractivity (Wildman–Crippen MR) is 104 cm³/mol. The van der Waals surface area contributed by atoms with E-state index in [1.165, 1.54) is 0 Å². The van der Waals surface area contributed by atoms with Crippen LogP contribution < -0.4 is 9.80 Å². The SMILES string of the molecule is CC1(C)CN(c2nc3ccccc3nc2N2CCOCC2)CC(C)(C)O1. The van der Waals surface area contributed by atoms with Gasteiger partial charge in [-0.1, -0.05) is 12.1 Å². The lowest BCUT2D eigenvalue weighted by Gasteiger charge is -2.48. The third-order valence-electron chi connectivity index (χ3n) is 4.84. The molecule has 0 atom stereocenters. The molecule has 2 aliphatic heterocycles. The van der Waals surface area contributed by atoms with Crippen LogP contribution >= 0.6 is 0 Å². The van der Waals surface area contributed by atoms with Crippen LogP contribution in [0.25, 0.3) is 11.0 Å². The molecule has 0 radical (unpaired) electrons. The smallest absolute Gasteiger partial charge is 0.172 e. The molecular weight excluding hydrogens is 328 g/mol. The lowest BCUT2D eigenvalue weighted by Crippen LogP contribution is -2.57. The van der Waals surface area contributed by atoms with Gasteiger partial charge in [0.05, 0.1) is 35.4 Å². The van der Waals surface area contributed by atoms with Gasteiger partial charge < -0.3 is 19.3 Å². The van der Waals surface area contributed by atoms with Crippen LogP contribution in [-0.4, -0.2) is 60.6 Å². The van der Waals surface area contributed by atoms with Gasteiger partial charge in [-0.25, -0.2) is 9.97 Å². The largest absolute Gasteiger partial charge is 0.378 e. The Morgan fingerprint density at radius 3 is 1.85 bits per heavy atom. The van der Waals surface area contributed by atoms with Gasteiger partial charge in [0, 0.05) is 26.2 Å². The Morgan fingerprint density at radius 2 is 1.31 bits per heavy atom. The molecule has 140 valence electrons. The average Bonchev–Trinajstić information content (AvgIpc) is 2.59. The number of para-hydroxylation sites is 2. The molecule has 0 spiro atoms. The summed E-state index contributed by atoms with van der Waals surface area (Å²) >= 11 is 0. The number of anilines is 2. The summed E-state index contributed by atoms with van der Waals surface area (Å²) in [6.07, 6.45) is 0. The Labute approximate surface area is 155 Å². The molecule has 6 nitrogen and oxygen atoms in total. The summed E-state index contributed by atoms with van der Waals surface area (Å²) in [7, 11) is 0. The standard InChI is InChI=1S/C20H28N4O2/c1-19(2)13-24(14-20(3,4)26-19)18-17(23-9-11-25-12-10-23)21-15-7-5-6-8-16(15)22-18/h5-8H,9-14H2,1-4H3. The first kappa shape index (κ1) is 17.5. The minimum Gasteiger partial charge on any atom is -0.378 e. The highest BCUT2D eigenvalue weighted by atomic mass is 16.5. The second-order valence-corrected chi connectivity index (χ2v) is 8.44. The van der Waals surface area contributed by atoms with E-state index < -0.39 is 0 Å². The summed E-state index contributed by atoms with van der Waals surface area (Å²) in [6.45, 7) is 13.3. The molecule has 3 heterocycles. The normalized spacial score (nSPS) is 22.6. The van der Waals surface area contributed by atoms with E-state index >= 15 is 0 Å². The van der Waals surface area contributed by atoms with Crippen LogP contribution in [-0.2, 0) is 9.47 Å². The molecule has 1 aromatic carbocycles. The van der Waals surface area contributed by atoms with Crippen LogP contribution in [0.2, 0.25) is 0 Å². The van der Waals surface area contributed by atoms with E-state index in [1.807, 2.05) is 24.3 Å². The zero-order chi connectivity index (χ0) is 18.4. The fourth-order valence-electron chi connectivity index (χ4n) is 4.12. The lowest BCUT2D eigenvalue weighted by molar-refractivity contribution is -0.133. The van der Waals surface area contributed by atoms with Crippen LogP contribution in [0.5, 0.6) is 0 Å². The van der Waals surface area contributed by atoms with Crippen molar-refractivity contribution in [2.24, 2.45) is 0 Å². The van der Waals surface area contributed by atoms with E-state index in [2.05, 4.69) is 37.5 Å². The lowest BCUT2D eigenvalue weighted by atomic mass is 9.99. The maximum absolute atomic E-state index is 6.26. The summed E-state index contributed by atoms with van der Waals surface area (Å²) in [5.41, 5.74) is 1.39. The molecule has 2 aliphatic rings. The highest BCUT2D eigenvalue weighted by molar-refractivity contribution is 5.81. The average molecular weight is 356 g/mol. The first-order chi connectivity index (χ1) is 12.3. The number of hydrogen-bond acceptors (Lipinski definition) is 6. The Hall–Kier alpha value is -1.92. The molecule has 2 aromatic rings. The Morgan fingerprint density at radius 1 is 0.808 bits per heavy atom. The van der Waals surface area contributed by atoms with Crippen molar-refractivity contribution in [2.45, 2.75) is 38.9 Å². The minimum atomic E-state index is -0.239. The molecular formula is C20H28N4O2. The number of fused-ring (bicyclic) bond motifs is 1. The topological polar surface area (TPSA) is 50.7 Å². The molecule has 0 amide bonds. The molecule has 1 aromatic heterocycles. The molecule has 2 fully saturated rings. The Balaban J connectivity index is 1.81. The summed E-state index contributed by atoms with van der Waals surface area (Å²) < 4.78 is 11.8. The summed E-state index contributed by atoms with van der Waals surface area (Å²) in [4.78, 5) is 14.7. The van der Waals surface area contributed by atoms with Crippen LogP contribution in [0.1, 0.15) is 27.7 Å². The van der Waals surface area contributed by atoms with Gasteiger partial charge in [-0.05, 0) is 39.8 Å². The molecule has 0 N–H and O–H groups in total. The van der Waals surface area contributed by atoms with Gasteiger partial charge in [-0.15, -0.1) is 0 Å². The van der Waals surface area contributed by atoms with Crippen molar-refractivity contribution in [3.05, 3.63) is 24.3 Å². The number of benzene rings is 1. The summed E-state index contributed by atoms with van der Waals surface area (Å²) in [5.74, 6) is 1.91. The minimum absolute atomic E-state index is 0.239. The zero-order valence-corrected chi connectivity index (χ0v) is 16.2. The van der Waals surface area contributed by atoms with E-state index in [9.17, 15) is 0 Å². The maximum Gasteiger partial charge on any atom is 0.172 e. The number of ether oxygens (including phenoxy) is 2. The van der Waals surface area contributed by atoms with Gasteiger partial charge in [0.15, 0.2) is 11.6 Å².